The van der Waals surface area contributed by atoms with Crippen molar-refractivity contribution in [1.82, 2.24) is 5.32 Å². The number of nitrogens with one attached hydrogen (secondary N) is 1. The summed E-state index contributed by atoms with van der Waals surface area (Å²) in [5.74, 6) is 1.04. The van der Waals surface area contributed by atoms with Gasteiger partial charge in [-0.25, -0.2) is 0 Å². The van der Waals surface area contributed by atoms with Crippen LogP contribution >= 0.6 is 0 Å². The van der Waals surface area contributed by atoms with Gasteiger partial charge in [-0.05, 0) is 5.39 Å². The van der Waals surface area contributed by atoms with Crippen LogP contribution in [0.2, 0.25) is 0 Å². The van der Waals surface area contributed by atoms with Gasteiger partial charge in [0, 0.05) is 17.5 Å². The molecule has 3 rings (SSSR count). The number of hydrogen-bond acceptors (Lipinski definition) is 2. The van der Waals surface area contributed by atoms with Gasteiger partial charge in [-0.1, -0.05) is 36.4 Å². The molecule has 0 unspecified atom stereocenters. The van der Waals surface area contributed by atoms with E-state index in [1.807, 2.05) is 6.07 Å². The van der Waals surface area contributed by atoms with Crippen molar-refractivity contribution in [1.29, 1.82) is 0 Å². The molecule has 0 saturated carbocycles. The second-order valence-corrected chi connectivity index (χ2v) is 3.49. The zero-order chi connectivity index (χ0) is 9.38. The van der Waals surface area contributed by atoms with E-state index in [0.29, 0.717) is 6.73 Å². The van der Waals surface area contributed by atoms with Crippen molar-refractivity contribution in [3.63, 3.8) is 0 Å². The first-order valence-electron chi connectivity index (χ1n) is 4.79. The van der Waals surface area contributed by atoms with E-state index < -0.39 is 0 Å². The fourth-order valence-corrected chi connectivity index (χ4v) is 1.91. The number of rotatable bonds is 0. The molecule has 2 nitrogen and oxygen atoms in total. The average molecular weight is 185 g/mol. The van der Waals surface area contributed by atoms with Crippen LogP contribution in [0.15, 0.2) is 36.4 Å². The Hall–Kier alpha value is -1.54. The van der Waals surface area contributed by atoms with Gasteiger partial charge in [-0.2, -0.15) is 0 Å². The third-order valence-corrected chi connectivity index (χ3v) is 2.60. The van der Waals surface area contributed by atoms with Crippen LogP contribution in [-0.2, 0) is 6.54 Å². The van der Waals surface area contributed by atoms with E-state index in [1.54, 1.807) is 0 Å². The number of ether oxygens (including phenoxy) is 1. The number of benzene rings is 2. The summed E-state index contributed by atoms with van der Waals surface area (Å²) in [7, 11) is 0. The van der Waals surface area contributed by atoms with Crippen molar-refractivity contribution in [2.75, 3.05) is 6.73 Å². The van der Waals surface area contributed by atoms with Gasteiger partial charge in [0.1, 0.15) is 12.5 Å². The molecule has 0 atom stereocenters. The molecule has 0 aromatic heterocycles. The molecular weight excluding hydrogens is 174 g/mol. The fourth-order valence-electron chi connectivity index (χ4n) is 1.91. The van der Waals surface area contributed by atoms with Crippen molar-refractivity contribution in [2.24, 2.45) is 0 Å². The van der Waals surface area contributed by atoms with E-state index in [-0.39, 0.29) is 0 Å². The highest BCUT2D eigenvalue weighted by Gasteiger charge is 2.11. The van der Waals surface area contributed by atoms with E-state index in [9.17, 15) is 0 Å². The Morgan fingerprint density at radius 1 is 1.07 bits per heavy atom. The third kappa shape index (κ3) is 1.08. The Labute approximate surface area is 82.5 Å². The van der Waals surface area contributed by atoms with Gasteiger partial charge >= 0.3 is 0 Å². The van der Waals surface area contributed by atoms with Crippen LogP contribution in [0.25, 0.3) is 10.8 Å². The highest BCUT2D eigenvalue weighted by atomic mass is 16.5. The molecule has 0 radical (unpaired) electrons. The summed E-state index contributed by atoms with van der Waals surface area (Å²) >= 11 is 0. The van der Waals surface area contributed by atoms with Gasteiger partial charge in [0.15, 0.2) is 0 Å². The minimum Gasteiger partial charge on any atom is -0.477 e. The quantitative estimate of drug-likeness (QED) is 0.679. The number of fused-ring (bicyclic) bond motifs is 3. The Morgan fingerprint density at radius 2 is 2.00 bits per heavy atom. The van der Waals surface area contributed by atoms with Gasteiger partial charge in [-0.3, -0.25) is 5.32 Å². The SMILES string of the molecule is c1ccc2c3c(ccc2c1)CNCO3. The lowest BCUT2D eigenvalue weighted by Gasteiger charge is -2.19. The van der Waals surface area contributed by atoms with Crippen LogP contribution in [0.1, 0.15) is 5.56 Å². The van der Waals surface area contributed by atoms with Gasteiger partial charge in [0.2, 0.25) is 0 Å². The van der Waals surface area contributed by atoms with Crippen molar-refractivity contribution in [2.45, 2.75) is 6.54 Å². The van der Waals surface area contributed by atoms with E-state index in [2.05, 4.69) is 35.6 Å². The summed E-state index contributed by atoms with van der Waals surface area (Å²) in [5.41, 5.74) is 1.25. The van der Waals surface area contributed by atoms with Crippen LogP contribution < -0.4 is 10.1 Å². The molecule has 0 spiro atoms. The summed E-state index contributed by atoms with van der Waals surface area (Å²) < 4.78 is 5.63. The van der Waals surface area contributed by atoms with Gasteiger partial charge in [0.05, 0.1) is 0 Å². The normalized spacial score (nSPS) is 14.9. The molecule has 70 valence electrons. The van der Waals surface area contributed by atoms with Gasteiger partial charge < -0.3 is 4.74 Å². The lowest BCUT2D eigenvalue weighted by atomic mass is 10.0. The molecule has 0 saturated heterocycles. The summed E-state index contributed by atoms with van der Waals surface area (Å²) in [5, 5.41) is 5.64. The minimum absolute atomic E-state index is 0.612. The minimum atomic E-state index is 0.612. The highest BCUT2D eigenvalue weighted by molar-refractivity contribution is 5.89. The molecule has 0 aliphatic carbocycles. The molecule has 14 heavy (non-hydrogen) atoms. The second kappa shape index (κ2) is 3.00. The summed E-state index contributed by atoms with van der Waals surface area (Å²) in [6, 6.07) is 12.6. The standard InChI is InChI=1S/C12H11NO/c1-2-4-11-9(3-1)5-6-10-7-13-8-14-12(10)11/h1-6,13H,7-8H2. The molecule has 0 amide bonds. The Balaban J connectivity index is 2.34. The first kappa shape index (κ1) is 7.83. The van der Waals surface area contributed by atoms with E-state index in [0.717, 1.165) is 12.3 Å². The molecule has 1 N–H and O–H groups in total. The maximum absolute atomic E-state index is 5.63. The molecule has 1 heterocycles. The fraction of sp³-hybridized carbons (Fsp3) is 0.167. The van der Waals surface area contributed by atoms with Crippen molar-refractivity contribution >= 4 is 10.8 Å². The van der Waals surface area contributed by atoms with Crippen molar-refractivity contribution < 1.29 is 4.74 Å². The molecule has 0 fully saturated rings. The van der Waals surface area contributed by atoms with Crippen LogP contribution in [0, 0.1) is 0 Å². The van der Waals surface area contributed by atoms with Gasteiger partial charge in [-0.15, -0.1) is 0 Å². The predicted molar refractivity (Wildman–Crippen MR) is 56.3 cm³/mol. The van der Waals surface area contributed by atoms with Gasteiger partial charge in [0.25, 0.3) is 0 Å². The first-order chi connectivity index (χ1) is 6.95. The maximum Gasteiger partial charge on any atom is 0.139 e. The molecular formula is C12H11NO. The monoisotopic (exact) mass is 185 g/mol. The lowest BCUT2D eigenvalue weighted by Crippen LogP contribution is -2.25. The van der Waals surface area contributed by atoms with Crippen LogP contribution in [0.5, 0.6) is 5.75 Å². The molecule has 2 aromatic carbocycles. The zero-order valence-corrected chi connectivity index (χ0v) is 7.79. The first-order valence-corrected chi connectivity index (χ1v) is 4.79. The predicted octanol–water partition coefficient (Wildman–Crippen LogP) is 2.28. The van der Waals surface area contributed by atoms with E-state index in [1.165, 1.54) is 16.3 Å². The van der Waals surface area contributed by atoms with Crippen LogP contribution in [-0.4, -0.2) is 6.73 Å². The summed E-state index contributed by atoms with van der Waals surface area (Å²) in [6.45, 7) is 1.52. The largest absolute Gasteiger partial charge is 0.477 e. The van der Waals surface area contributed by atoms with E-state index >= 15 is 0 Å². The highest BCUT2D eigenvalue weighted by Crippen LogP contribution is 2.31. The molecule has 0 bridgehead atoms. The Bertz CT molecular complexity index is 479. The smallest absolute Gasteiger partial charge is 0.139 e. The average Bonchev–Trinajstić information content (AvgIpc) is 2.29. The van der Waals surface area contributed by atoms with Crippen LogP contribution in [0.3, 0.4) is 0 Å². The molecule has 2 heteroatoms. The Kier molecular flexibility index (Phi) is 1.67. The summed E-state index contributed by atoms with van der Waals surface area (Å²) in [4.78, 5) is 0. The van der Waals surface area contributed by atoms with Crippen molar-refractivity contribution in [3.8, 4) is 5.75 Å². The third-order valence-electron chi connectivity index (χ3n) is 2.60. The Morgan fingerprint density at radius 3 is 3.00 bits per heavy atom. The molecule has 2 aromatic rings. The lowest BCUT2D eigenvalue weighted by molar-refractivity contribution is 0.260. The molecule has 1 aliphatic heterocycles. The zero-order valence-electron chi connectivity index (χ0n) is 7.79. The van der Waals surface area contributed by atoms with E-state index in [4.69, 9.17) is 4.74 Å². The van der Waals surface area contributed by atoms with Crippen molar-refractivity contribution in [3.05, 3.63) is 42.0 Å². The number of hydrogen-bond donors (Lipinski definition) is 1. The maximum atomic E-state index is 5.63. The topological polar surface area (TPSA) is 21.3 Å². The van der Waals surface area contributed by atoms with Crippen LogP contribution in [0.4, 0.5) is 0 Å². The second-order valence-electron chi connectivity index (χ2n) is 3.49. The molecule has 1 aliphatic rings. The summed E-state index contributed by atoms with van der Waals surface area (Å²) in [6.07, 6.45) is 0.